The predicted octanol–water partition coefficient (Wildman–Crippen LogP) is 5.25. The van der Waals surface area contributed by atoms with Gasteiger partial charge in [0.25, 0.3) is 0 Å². The first-order valence-corrected chi connectivity index (χ1v) is 14.6. The van der Waals surface area contributed by atoms with Crippen molar-refractivity contribution in [1.29, 1.82) is 0 Å². The maximum absolute atomic E-state index is 13.3. The average Bonchev–Trinajstić information content (AvgIpc) is 2.96. The summed E-state index contributed by atoms with van der Waals surface area (Å²) >= 11 is 1.52. The van der Waals surface area contributed by atoms with E-state index in [0.717, 1.165) is 71.5 Å². The average molecular weight is 532 g/mol. The van der Waals surface area contributed by atoms with Crippen LogP contribution < -0.4 is 20.5 Å². The third kappa shape index (κ3) is 5.12. The number of benzene rings is 2. The molecule has 1 unspecified atom stereocenters. The second-order valence-corrected chi connectivity index (χ2v) is 11.6. The Balaban J connectivity index is 1.12. The molecule has 1 aromatic heterocycles. The lowest BCUT2D eigenvalue weighted by atomic mass is 9.72. The van der Waals surface area contributed by atoms with Crippen LogP contribution in [0.5, 0.6) is 11.5 Å². The van der Waals surface area contributed by atoms with E-state index in [-0.39, 0.29) is 17.6 Å². The zero-order chi connectivity index (χ0) is 26.1. The number of rotatable bonds is 7. The van der Waals surface area contributed by atoms with E-state index >= 15 is 0 Å². The lowest BCUT2D eigenvalue weighted by Crippen LogP contribution is -2.32. The summed E-state index contributed by atoms with van der Waals surface area (Å²) in [4.78, 5) is 30.7. The number of fused-ring (bicyclic) bond motifs is 4. The molecule has 0 bridgehead atoms. The summed E-state index contributed by atoms with van der Waals surface area (Å²) in [6, 6.07) is 11.8. The van der Waals surface area contributed by atoms with Crippen LogP contribution in [0.25, 0.3) is 10.9 Å². The van der Waals surface area contributed by atoms with Crippen molar-refractivity contribution in [3.63, 3.8) is 0 Å². The number of carbonyl (C=O) groups excluding carboxylic acids is 2. The second kappa shape index (κ2) is 10.9. The number of nitrogens with two attached hydrogens (primary N) is 1. The van der Waals surface area contributed by atoms with E-state index in [1.165, 1.54) is 17.3 Å². The standard InChI is InChI=1S/C30H33N3O4S/c31-10-1-11-36-22-7-8-25-23(14-22)24-12-21(16-37-27(24)15-32-25)18-2-4-19(5-3-18)30(35)20-6-9-28-26(13-20)33-29(34)17-38-28/h6-9,13-15,18-19,21H,1-5,10-12,16-17,31H2,(H,33,34). The topological polar surface area (TPSA) is 104 Å². The molecule has 38 heavy (non-hydrogen) atoms. The van der Waals surface area contributed by atoms with Gasteiger partial charge in [-0.15, -0.1) is 11.8 Å². The molecule has 3 aliphatic rings. The van der Waals surface area contributed by atoms with Crippen molar-refractivity contribution in [2.45, 2.75) is 43.4 Å². The van der Waals surface area contributed by atoms with Gasteiger partial charge in [0.15, 0.2) is 5.78 Å². The molecule has 7 nitrogen and oxygen atoms in total. The third-order valence-electron chi connectivity index (χ3n) is 8.15. The Kier molecular flexibility index (Phi) is 7.26. The molecule has 0 saturated heterocycles. The van der Waals surface area contributed by atoms with E-state index in [9.17, 15) is 9.59 Å². The largest absolute Gasteiger partial charge is 0.494 e. The number of anilines is 1. The molecule has 198 valence electrons. The van der Waals surface area contributed by atoms with E-state index in [1.54, 1.807) is 0 Å². The predicted molar refractivity (Wildman–Crippen MR) is 149 cm³/mol. The third-order valence-corrected chi connectivity index (χ3v) is 9.23. The summed E-state index contributed by atoms with van der Waals surface area (Å²) in [5.74, 6) is 3.29. The van der Waals surface area contributed by atoms with Crippen molar-refractivity contribution in [3.05, 3.63) is 53.7 Å². The number of nitrogens with zero attached hydrogens (tertiary/aromatic N) is 1. The second-order valence-electron chi connectivity index (χ2n) is 10.6. The number of hydrogen-bond acceptors (Lipinski definition) is 7. The van der Waals surface area contributed by atoms with Crippen LogP contribution in [-0.2, 0) is 11.2 Å². The minimum absolute atomic E-state index is 0.0113. The van der Waals surface area contributed by atoms with Crippen molar-refractivity contribution in [3.8, 4) is 11.5 Å². The molecule has 1 atom stereocenters. The van der Waals surface area contributed by atoms with Gasteiger partial charge in [0.1, 0.15) is 11.5 Å². The number of carbonyl (C=O) groups is 2. The normalized spacial score (nSPS) is 22.7. The number of nitrogens with one attached hydrogen (secondary N) is 1. The first kappa shape index (κ1) is 25.2. The summed E-state index contributed by atoms with van der Waals surface area (Å²) < 4.78 is 12.1. The van der Waals surface area contributed by atoms with Gasteiger partial charge in [0, 0.05) is 27.3 Å². The molecule has 3 heterocycles. The SMILES string of the molecule is NCCCOc1ccc2ncc3c(c2c1)CC(C1CCC(C(=O)c2ccc4c(c2)NC(=O)CS4)CC1)CO3. The molecule has 2 aromatic carbocycles. The molecule has 1 saturated carbocycles. The number of Topliss-reactive ketones (excluding diaryl/α,β-unsaturated/α-hetero) is 1. The van der Waals surface area contributed by atoms with E-state index in [2.05, 4.69) is 16.4 Å². The van der Waals surface area contributed by atoms with Crippen LogP contribution in [0.1, 0.15) is 48.0 Å². The number of thioether (sulfide) groups is 1. The van der Waals surface area contributed by atoms with E-state index in [0.29, 0.717) is 42.9 Å². The van der Waals surface area contributed by atoms with Crippen LogP contribution in [0.3, 0.4) is 0 Å². The van der Waals surface area contributed by atoms with Gasteiger partial charge in [0.2, 0.25) is 5.91 Å². The molecule has 0 spiro atoms. The smallest absolute Gasteiger partial charge is 0.234 e. The zero-order valence-corrected chi connectivity index (χ0v) is 22.2. The fourth-order valence-corrected chi connectivity index (χ4v) is 6.84. The fourth-order valence-electron chi connectivity index (χ4n) is 6.05. The van der Waals surface area contributed by atoms with Crippen LogP contribution >= 0.6 is 11.8 Å². The minimum atomic E-state index is -0.0113. The molecule has 1 fully saturated rings. The molecule has 0 radical (unpaired) electrons. The molecule has 1 aliphatic carbocycles. The summed E-state index contributed by atoms with van der Waals surface area (Å²) in [7, 11) is 0. The van der Waals surface area contributed by atoms with Gasteiger partial charge in [-0.1, -0.05) is 6.07 Å². The first-order chi connectivity index (χ1) is 18.6. The van der Waals surface area contributed by atoms with Crippen LogP contribution in [-0.4, -0.2) is 42.2 Å². The zero-order valence-electron chi connectivity index (χ0n) is 21.4. The highest BCUT2D eigenvalue weighted by atomic mass is 32.2. The molecule has 8 heteroatoms. The summed E-state index contributed by atoms with van der Waals surface area (Å²) in [6.07, 6.45) is 7.44. The Hall–Kier alpha value is -3.10. The lowest BCUT2D eigenvalue weighted by molar-refractivity contribution is -0.113. The Labute approximate surface area is 226 Å². The fraction of sp³-hybridized carbons (Fsp3) is 0.433. The number of aromatic nitrogens is 1. The Morgan fingerprint density at radius 1 is 1.13 bits per heavy atom. The summed E-state index contributed by atoms with van der Waals surface area (Å²) in [5.41, 5.74) is 9.23. The summed E-state index contributed by atoms with van der Waals surface area (Å²) in [6.45, 7) is 1.90. The highest BCUT2D eigenvalue weighted by Gasteiger charge is 2.34. The molecule has 6 rings (SSSR count). The van der Waals surface area contributed by atoms with Gasteiger partial charge < -0.3 is 20.5 Å². The van der Waals surface area contributed by atoms with Crippen LogP contribution in [0.2, 0.25) is 0 Å². The van der Waals surface area contributed by atoms with Gasteiger partial charge in [0.05, 0.1) is 36.4 Å². The van der Waals surface area contributed by atoms with Gasteiger partial charge in [-0.2, -0.15) is 0 Å². The maximum atomic E-state index is 13.3. The van der Waals surface area contributed by atoms with Crippen LogP contribution in [0.15, 0.2) is 47.5 Å². The first-order valence-electron chi connectivity index (χ1n) is 13.6. The number of ketones is 1. The molecular weight excluding hydrogens is 498 g/mol. The van der Waals surface area contributed by atoms with Crippen molar-refractivity contribution < 1.29 is 19.1 Å². The quantitative estimate of drug-likeness (QED) is 0.317. The van der Waals surface area contributed by atoms with E-state index in [4.69, 9.17) is 15.2 Å². The molecular formula is C30H33N3O4S. The van der Waals surface area contributed by atoms with Crippen molar-refractivity contribution in [1.82, 2.24) is 4.98 Å². The van der Waals surface area contributed by atoms with Crippen LogP contribution in [0, 0.1) is 17.8 Å². The van der Waals surface area contributed by atoms with Gasteiger partial charge in [-0.25, -0.2) is 0 Å². The number of amides is 1. The van der Waals surface area contributed by atoms with Crippen molar-refractivity contribution in [2.24, 2.45) is 23.5 Å². The monoisotopic (exact) mass is 531 g/mol. The Morgan fingerprint density at radius 2 is 2.00 bits per heavy atom. The Morgan fingerprint density at radius 3 is 2.84 bits per heavy atom. The molecule has 3 N–H and O–H groups in total. The van der Waals surface area contributed by atoms with E-state index < -0.39 is 0 Å². The molecule has 1 amide bonds. The van der Waals surface area contributed by atoms with Crippen molar-refractivity contribution >= 4 is 40.0 Å². The summed E-state index contributed by atoms with van der Waals surface area (Å²) in [5, 5.41) is 4.00. The van der Waals surface area contributed by atoms with Gasteiger partial charge in [-0.3, -0.25) is 14.6 Å². The van der Waals surface area contributed by atoms with Gasteiger partial charge in [-0.05, 0) is 87.2 Å². The highest BCUT2D eigenvalue weighted by molar-refractivity contribution is 8.00. The highest BCUT2D eigenvalue weighted by Crippen LogP contribution is 2.42. The molecule has 2 aliphatic heterocycles. The number of ether oxygens (including phenoxy) is 2. The minimum Gasteiger partial charge on any atom is -0.494 e. The Bertz CT molecular complexity index is 1370. The van der Waals surface area contributed by atoms with Gasteiger partial charge >= 0.3 is 0 Å². The van der Waals surface area contributed by atoms with Crippen LogP contribution in [0.4, 0.5) is 5.69 Å². The van der Waals surface area contributed by atoms with Crippen molar-refractivity contribution in [2.75, 3.05) is 30.8 Å². The molecule has 3 aromatic rings. The number of hydrogen-bond donors (Lipinski definition) is 2. The lowest BCUT2D eigenvalue weighted by Gasteiger charge is -2.36. The van der Waals surface area contributed by atoms with E-state index in [1.807, 2.05) is 36.5 Å². The number of pyridine rings is 1. The maximum Gasteiger partial charge on any atom is 0.234 e.